The van der Waals surface area contributed by atoms with Crippen LogP contribution >= 0.6 is 50.7 Å². The van der Waals surface area contributed by atoms with Crippen LogP contribution in [0, 0.1) is 0 Å². The number of allylic oxidation sites excluding steroid dienone is 1. The molecule has 1 unspecified atom stereocenters. The van der Waals surface area contributed by atoms with Gasteiger partial charge in [-0.3, -0.25) is 9.59 Å². The van der Waals surface area contributed by atoms with Crippen LogP contribution in [0.25, 0.3) is 6.08 Å². The van der Waals surface area contributed by atoms with Crippen molar-refractivity contribution >= 4 is 74.3 Å². The highest BCUT2D eigenvalue weighted by Gasteiger charge is 2.51. The molecule has 2 amide bonds. The zero-order valence-corrected chi connectivity index (χ0v) is 24.6. The number of methoxy groups -OCH3 is 1. The van der Waals surface area contributed by atoms with E-state index in [2.05, 4.69) is 26.6 Å². The number of benzene rings is 3. The number of anilines is 1. The molecule has 3 aromatic carbocycles. The Labute approximate surface area is 251 Å². The van der Waals surface area contributed by atoms with Crippen molar-refractivity contribution in [2.45, 2.75) is 30.5 Å². The fraction of sp³-hybridized carbons (Fsp3) is 0.214. The Hall–Kier alpha value is -2.72. The van der Waals surface area contributed by atoms with Gasteiger partial charge in [-0.1, -0.05) is 53.0 Å². The quantitative estimate of drug-likeness (QED) is 0.235. The van der Waals surface area contributed by atoms with Crippen LogP contribution in [0.5, 0.6) is 5.75 Å². The Kier molecular flexibility index (Phi) is 9.09. The average Bonchev–Trinajstić information content (AvgIpc) is 3.67. The number of carbonyl (C=O) groups excluding carboxylic acids is 2. The van der Waals surface area contributed by atoms with E-state index in [9.17, 15) is 22.8 Å². The molecule has 40 heavy (non-hydrogen) atoms. The van der Waals surface area contributed by atoms with E-state index in [1.54, 1.807) is 24.3 Å². The third kappa shape index (κ3) is 6.94. The van der Waals surface area contributed by atoms with Crippen molar-refractivity contribution in [1.82, 2.24) is 5.32 Å². The minimum absolute atomic E-state index is 0.0269. The Morgan fingerprint density at radius 2 is 1.65 bits per heavy atom. The molecule has 0 heterocycles. The van der Waals surface area contributed by atoms with Gasteiger partial charge in [0.2, 0.25) is 5.91 Å². The highest BCUT2D eigenvalue weighted by Crippen LogP contribution is 2.41. The summed E-state index contributed by atoms with van der Waals surface area (Å²) < 4.78 is 47.0. The van der Waals surface area contributed by atoms with E-state index in [4.69, 9.17) is 39.5 Å². The molecule has 1 aliphatic carbocycles. The van der Waals surface area contributed by atoms with E-state index < -0.39 is 23.5 Å². The number of alkyl halides is 3. The molecule has 0 spiro atoms. The molecular weight excluding hydrogens is 656 g/mol. The predicted octanol–water partition coefficient (Wildman–Crippen LogP) is 8.68. The lowest BCUT2D eigenvalue weighted by molar-refractivity contribution is -0.139. The molecule has 3 aromatic rings. The van der Waals surface area contributed by atoms with Crippen LogP contribution < -0.4 is 15.4 Å². The van der Waals surface area contributed by atoms with Crippen LogP contribution in [0.1, 0.15) is 40.2 Å². The molecule has 1 aliphatic rings. The maximum atomic E-state index is 13.9. The van der Waals surface area contributed by atoms with Gasteiger partial charge in [0.1, 0.15) is 11.3 Å². The molecule has 0 aromatic heterocycles. The predicted molar refractivity (Wildman–Crippen MR) is 154 cm³/mol. The fourth-order valence-corrected chi connectivity index (χ4v) is 5.12. The van der Waals surface area contributed by atoms with Crippen molar-refractivity contribution in [2.24, 2.45) is 0 Å². The van der Waals surface area contributed by atoms with Crippen LogP contribution in [0.4, 0.5) is 18.9 Å². The first-order valence-electron chi connectivity index (χ1n) is 11.8. The van der Waals surface area contributed by atoms with E-state index in [0.717, 1.165) is 18.2 Å². The van der Waals surface area contributed by atoms with E-state index in [1.807, 2.05) is 0 Å². The maximum Gasteiger partial charge on any atom is 0.399 e. The summed E-state index contributed by atoms with van der Waals surface area (Å²) in [5.74, 6) is -2.20. The van der Waals surface area contributed by atoms with Crippen molar-refractivity contribution in [3.63, 3.8) is 0 Å². The monoisotopic (exact) mass is 674 g/mol. The fourth-order valence-electron chi connectivity index (χ4n) is 3.93. The molecule has 0 radical (unpaired) electrons. The van der Waals surface area contributed by atoms with Gasteiger partial charge in [0.25, 0.3) is 5.91 Å². The molecule has 5 nitrogen and oxygen atoms in total. The van der Waals surface area contributed by atoms with Crippen LogP contribution in [0.15, 0.2) is 65.1 Å². The van der Waals surface area contributed by atoms with Crippen molar-refractivity contribution < 1.29 is 27.5 Å². The van der Waals surface area contributed by atoms with Gasteiger partial charge in [-0.05, 0) is 88.4 Å². The number of hydrogen-bond acceptors (Lipinski definition) is 3. The standard InChI is InChI=1S/C28H21BrCl3F3N2O3/c1-40-18-6-4-17(5-7-18)36-26(39)27(10-11-27)37-25(38)19-8-2-15(12-21(19)29)3-9-20(28(33,34)35)16-13-22(30)24(32)23(31)14-16/h2-9,12-14,20H,10-11H2,1H3,(H,36,39)(H,37,38)/b9-3+. The Bertz CT molecular complexity index is 1450. The van der Waals surface area contributed by atoms with Crippen LogP contribution in [-0.2, 0) is 4.79 Å². The lowest BCUT2D eigenvalue weighted by Gasteiger charge is -2.19. The zero-order valence-electron chi connectivity index (χ0n) is 20.7. The topological polar surface area (TPSA) is 67.4 Å². The third-order valence-electron chi connectivity index (χ3n) is 6.32. The molecule has 12 heteroatoms. The summed E-state index contributed by atoms with van der Waals surface area (Å²) in [6, 6.07) is 13.5. The lowest BCUT2D eigenvalue weighted by Crippen LogP contribution is -2.46. The van der Waals surface area contributed by atoms with E-state index in [0.29, 0.717) is 34.3 Å². The SMILES string of the molecule is COc1ccc(NC(=O)C2(NC(=O)c3ccc(/C=C/C(c4cc(Cl)c(Cl)c(Cl)c4)C(F)(F)F)cc3Br)CC2)cc1. The van der Waals surface area contributed by atoms with Gasteiger partial charge in [0, 0.05) is 10.2 Å². The van der Waals surface area contributed by atoms with Gasteiger partial charge < -0.3 is 15.4 Å². The number of nitrogens with one attached hydrogen (secondary N) is 2. The summed E-state index contributed by atoms with van der Waals surface area (Å²) >= 11 is 21.1. The van der Waals surface area contributed by atoms with Gasteiger partial charge in [0.15, 0.2) is 0 Å². The molecule has 1 atom stereocenters. The number of rotatable bonds is 8. The first kappa shape index (κ1) is 30.2. The summed E-state index contributed by atoms with van der Waals surface area (Å²) in [5.41, 5.74) is -0.0212. The molecule has 2 N–H and O–H groups in total. The Balaban J connectivity index is 1.47. The summed E-state index contributed by atoms with van der Waals surface area (Å²) in [7, 11) is 1.54. The van der Waals surface area contributed by atoms with E-state index in [-0.39, 0.29) is 32.1 Å². The normalized spacial score (nSPS) is 15.0. The second kappa shape index (κ2) is 12.0. The molecule has 0 bridgehead atoms. The van der Waals surface area contributed by atoms with Crippen molar-refractivity contribution in [2.75, 3.05) is 12.4 Å². The number of carbonyl (C=O) groups is 2. The summed E-state index contributed by atoms with van der Waals surface area (Å²) in [6.07, 6.45) is -1.43. The number of amides is 2. The first-order chi connectivity index (χ1) is 18.8. The van der Waals surface area contributed by atoms with E-state index >= 15 is 0 Å². The molecule has 0 saturated heterocycles. The molecule has 210 valence electrons. The average molecular weight is 677 g/mol. The van der Waals surface area contributed by atoms with Crippen molar-refractivity contribution in [3.8, 4) is 5.75 Å². The van der Waals surface area contributed by atoms with Crippen LogP contribution in [-0.4, -0.2) is 30.6 Å². The Morgan fingerprint density at radius 1 is 1.02 bits per heavy atom. The number of hydrogen-bond donors (Lipinski definition) is 2. The third-order valence-corrected chi connectivity index (χ3v) is 8.18. The van der Waals surface area contributed by atoms with Crippen molar-refractivity contribution in [3.05, 3.63) is 96.9 Å². The molecule has 4 rings (SSSR count). The highest BCUT2D eigenvalue weighted by molar-refractivity contribution is 9.10. The Morgan fingerprint density at radius 3 is 2.17 bits per heavy atom. The van der Waals surface area contributed by atoms with Crippen molar-refractivity contribution in [1.29, 1.82) is 0 Å². The minimum Gasteiger partial charge on any atom is -0.497 e. The smallest absolute Gasteiger partial charge is 0.399 e. The van der Waals surface area contributed by atoms with Gasteiger partial charge in [0.05, 0.1) is 33.7 Å². The first-order valence-corrected chi connectivity index (χ1v) is 13.7. The zero-order chi connectivity index (χ0) is 29.2. The largest absolute Gasteiger partial charge is 0.497 e. The summed E-state index contributed by atoms with van der Waals surface area (Å²) in [6.45, 7) is 0. The number of halogens is 7. The molecule has 1 fully saturated rings. The van der Waals surface area contributed by atoms with Crippen LogP contribution in [0.2, 0.25) is 15.1 Å². The van der Waals surface area contributed by atoms with Gasteiger partial charge in [-0.2, -0.15) is 13.2 Å². The van der Waals surface area contributed by atoms with Gasteiger partial charge in [-0.15, -0.1) is 0 Å². The second-order valence-corrected chi connectivity index (χ2v) is 11.2. The molecule has 1 saturated carbocycles. The summed E-state index contributed by atoms with van der Waals surface area (Å²) in [5, 5.41) is 5.38. The minimum atomic E-state index is -4.63. The molecule has 0 aliphatic heterocycles. The highest BCUT2D eigenvalue weighted by atomic mass is 79.9. The number of ether oxygens (including phenoxy) is 1. The van der Waals surface area contributed by atoms with Gasteiger partial charge in [-0.25, -0.2) is 0 Å². The van der Waals surface area contributed by atoms with E-state index in [1.165, 1.54) is 31.4 Å². The van der Waals surface area contributed by atoms with Crippen LogP contribution in [0.3, 0.4) is 0 Å². The lowest BCUT2D eigenvalue weighted by atomic mass is 9.97. The maximum absolute atomic E-state index is 13.9. The summed E-state index contributed by atoms with van der Waals surface area (Å²) in [4.78, 5) is 25.9. The van der Waals surface area contributed by atoms with Gasteiger partial charge >= 0.3 is 6.18 Å². The second-order valence-electron chi connectivity index (χ2n) is 9.14. The molecular formula is C28H21BrCl3F3N2O3.